The van der Waals surface area contributed by atoms with Crippen molar-refractivity contribution >= 4 is 0 Å². The number of hydrogen-bond donors (Lipinski definition) is 1. The fourth-order valence-electron chi connectivity index (χ4n) is 4.11. The molecule has 0 bridgehead atoms. The van der Waals surface area contributed by atoms with Gasteiger partial charge in [0.05, 0.1) is 0 Å². The van der Waals surface area contributed by atoms with Gasteiger partial charge in [0, 0.05) is 25.7 Å². The maximum Gasteiger partial charge on any atom is 0.0198 e. The summed E-state index contributed by atoms with van der Waals surface area (Å²) in [6.45, 7) is 7.74. The van der Waals surface area contributed by atoms with Gasteiger partial charge in [0.1, 0.15) is 0 Å². The number of piperidine rings is 1. The molecule has 2 heteroatoms. The summed E-state index contributed by atoms with van der Waals surface area (Å²) < 4.78 is 0. The van der Waals surface area contributed by atoms with E-state index in [1.54, 1.807) is 0 Å². The highest BCUT2D eigenvalue weighted by atomic mass is 15.2. The molecule has 0 aromatic carbocycles. The molecule has 2 aliphatic carbocycles. The molecule has 1 N–H and O–H groups in total. The first kappa shape index (κ1) is 13.9. The predicted molar refractivity (Wildman–Crippen MR) is 81.3 cm³/mol. The van der Waals surface area contributed by atoms with Crippen molar-refractivity contribution in [3.8, 4) is 0 Å². The van der Waals surface area contributed by atoms with E-state index >= 15 is 0 Å². The van der Waals surface area contributed by atoms with Crippen molar-refractivity contribution in [3.05, 3.63) is 0 Å². The van der Waals surface area contributed by atoms with Crippen LogP contribution >= 0.6 is 0 Å². The van der Waals surface area contributed by atoms with Gasteiger partial charge >= 0.3 is 0 Å². The molecule has 1 aliphatic heterocycles. The van der Waals surface area contributed by atoms with Crippen LogP contribution in [-0.4, -0.2) is 37.1 Å². The first-order valence-electron chi connectivity index (χ1n) is 8.79. The van der Waals surface area contributed by atoms with E-state index in [0.717, 1.165) is 23.8 Å². The summed E-state index contributed by atoms with van der Waals surface area (Å²) in [5.74, 6) is 2.97. The van der Waals surface area contributed by atoms with E-state index < -0.39 is 0 Å². The molecule has 2 atom stereocenters. The van der Waals surface area contributed by atoms with Gasteiger partial charge in [-0.2, -0.15) is 0 Å². The Hall–Kier alpha value is -0.0800. The van der Waals surface area contributed by atoms with Crippen molar-refractivity contribution in [2.75, 3.05) is 26.2 Å². The van der Waals surface area contributed by atoms with E-state index in [4.69, 9.17) is 0 Å². The summed E-state index contributed by atoms with van der Waals surface area (Å²) in [5, 5.41) is 3.86. The lowest BCUT2D eigenvalue weighted by Gasteiger charge is -2.39. The monoisotopic (exact) mass is 264 g/mol. The van der Waals surface area contributed by atoms with Crippen LogP contribution < -0.4 is 5.32 Å². The van der Waals surface area contributed by atoms with Gasteiger partial charge in [-0.25, -0.2) is 0 Å². The molecule has 0 spiro atoms. The molecule has 0 aromatic heterocycles. The Morgan fingerprint density at radius 1 is 0.947 bits per heavy atom. The van der Waals surface area contributed by atoms with Crippen LogP contribution in [0.25, 0.3) is 0 Å². The van der Waals surface area contributed by atoms with E-state index in [0.29, 0.717) is 0 Å². The lowest BCUT2D eigenvalue weighted by Crippen LogP contribution is -2.50. The van der Waals surface area contributed by atoms with Crippen LogP contribution in [0.5, 0.6) is 0 Å². The largest absolute Gasteiger partial charge is 0.312 e. The first-order chi connectivity index (χ1) is 9.33. The molecule has 110 valence electrons. The van der Waals surface area contributed by atoms with Crippen molar-refractivity contribution in [2.45, 2.75) is 64.3 Å². The average Bonchev–Trinajstić information content (AvgIpc) is 3.13. The molecular formula is C17H32N2. The third kappa shape index (κ3) is 4.19. The predicted octanol–water partition coefficient (Wildman–Crippen LogP) is 3.28. The quantitative estimate of drug-likeness (QED) is 0.792. The van der Waals surface area contributed by atoms with E-state index in [2.05, 4.69) is 17.1 Å². The maximum atomic E-state index is 3.86. The zero-order valence-electron chi connectivity index (χ0n) is 12.7. The summed E-state index contributed by atoms with van der Waals surface area (Å²) in [4.78, 5) is 2.79. The standard InChI is InChI=1S/C17H32N2/c1-2-14-9-17(18-10-15-7-8-15)13-19(11-14)12-16-5-3-4-6-16/h14-18H,2-13H2,1H3. The van der Waals surface area contributed by atoms with Crippen LogP contribution in [-0.2, 0) is 0 Å². The minimum atomic E-state index is 0.778. The highest BCUT2D eigenvalue weighted by Crippen LogP contribution is 2.30. The van der Waals surface area contributed by atoms with E-state index in [1.807, 2.05) is 0 Å². The minimum absolute atomic E-state index is 0.778. The lowest BCUT2D eigenvalue weighted by atomic mass is 9.91. The summed E-state index contributed by atoms with van der Waals surface area (Å²) in [5.41, 5.74) is 0. The van der Waals surface area contributed by atoms with Gasteiger partial charge in [-0.3, -0.25) is 0 Å². The van der Waals surface area contributed by atoms with Gasteiger partial charge < -0.3 is 10.2 Å². The molecule has 3 aliphatic rings. The Labute approximate surface area is 119 Å². The smallest absolute Gasteiger partial charge is 0.0198 e. The fourth-order valence-corrected chi connectivity index (χ4v) is 4.11. The molecule has 1 saturated heterocycles. The van der Waals surface area contributed by atoms with Gasteiger partial charge in [0.25, 0.3) is 0 Å². The molecule has 1 heterocycles. The first-order valence-corrected chi connectivity index (χ1v) is 8.79. The molecule has 2 nitrogen and oxygen atoms in total. The van der Waals surface area contributed by atoms with Gasteiger partial charge in [-0.15, -0.1) is 0 Å². The van der Waals surface area contributed by atoms with E-state index in [-0.39, 0.29) is 0 Å². The van der Waals surface area contributed by atoms with Crippen LogP contribution in [0.4, 0.5) is 0 Å². The number of nitrogens with zero attached hydrogens (tertiary/aromatic N) is 1. The second-order valence-electron chi connectivity index (χ2n) is 7.43. The second kappa shape index (κ2) is 6.58. The minimum Gasteiger partial charge on any atom is -0.312 e. The molecule has 0 radical (unpaired) electrons. The van der Waals surface area contributed by atoms with Crippen LogP contribution in [0, 0.1) is 17.8 Å². The highest BCUT2D eigenvalue weighted by Gasteiger charge is 2.29. The maximum absolute atomic E-state index is 3.86. The van der Waals surface area contributed by atoms with Crippen LogP contribution in [0.3, 0.4) is 0 Å². The SMILES string of the molecule is CCC1CC(NCC2CC2)CN(CC2CCCC2)C1. The Morgan fingerprint density at radius 2 is 1.74 bits per heavy atom. The van der Waals surface area contributed by atoms with Crippen LogP contribution in [0.1, 0.15) is 58.3 Å². The summed E-state index contributed by atoms with van der Waals surface area (Å²) in [6, 6.07) is 0.778. The molecule has 3 fully saturated rings. The van der Waals surface area contributed by atoms with Crippen LogP contribution in [0.15, 0.2) is 0 Å². The fraction of sp³-hybridized carbons (Fsp3) is 1.00. The Bertz CT molecular complexity index is 268. The highest BCUT2D eigenvalue weighted by molar-refractivity contribution is 4.86. The second-order valence-corrected chi connectivity index (χ2v) is 7.43. The molecule has 0 amide bonds. The van der Waals surface area contributed by atoms with Crippen molar-refractivity contribution in [3.63, 3.8) is 0 Å². The Kier molecular flexibility index (Phi) is 4.81. The average molecular weight is 264 g/mol. The third-order valence-corrected chi connectivity index (χ3v) is 5.57. The number of rotatable bonds is 6. The van der Waals surface area contributed by atoms with Crippen molar-refractivity contribution in [1.82, 2.24) is 10.2 Å². The molecule has 19 heavy (non-hydrogen) atoms. The van der Waals surface area contributed by atoms with Gasteiger partial charge in [-0.05, 0) is 56.4 Å². The zero-order chi connectivity index (χ0) is 13.1. The van der Waals surface area contributed by atoms with Crippen LogP contribution in [0.2, 0.25) is 0 Å². The lowest BCUT2D eigenvalue weighted by molar-refractivity contribution is 0.121. The summed E-state index contributed by atoms with van der Waals surface area (Å²) in [6.07, 6.45) is 11.7. The van der Waals surface area contributed by atoms with Crippen molar-refractivity contribution in [2.24, 2.45) is 17.8 Å². The van der Waals surface area contributed by atoms with Gasteiger partial charge in [-0.1, -0.05) is 26.2 Å². The zero-order valence-corrected chi connectivity index (χ0v) is 12.7. The molecule has 2 unspecified atom stereocenters. The third-order valence-electron chi connectivity index (χ3n) is 5.57. The normalized spacial score (nSPS) is 33.9. The summed E-state index contributed by atoms with van der Waals surface area (Å²) >= 11 is 0. The molecule has 0 aromatic rings. The van der Waals surface area contributed by atoms with Crippen molar-refractivity contribution < 1.29 is 0 Å². The topological polar surface area (TPSA) is 15.3 Å². The van der Waals surface area contributed by atoms with Gasteiger partial charge in [0.2, 0.25) is 0 Å². The van der Waals surface area contributed by atoms with E-state index in [9.17, 15) is 0 Å². The molecule has 3 rings (SSSR count). The Balaban J connectivity index is 1.47. The number of likely N-dealkylation sites (tertiary alicyclic amines) is 1. The number of nitrogens with one attached hydrogen (secondary N) is 1. The summed E-state index contributed by atoms with van der Waals surface area (Å²) in [7, 11) is 0. The Morgan fingerprint density at radius 3 is 2.42 bits per heavy atom. The molecular weight excluding hydrogens is 232 g/mol. The number of hydrogen-bond acceptors (Lipinski definition) is 2. The van der Waals surface area contributed by atoms with Gasteiger partial charge in [0.15, 0.2) is 0 Å². The van der Waals surface area contributed by atoms with E-state index in [1.165, 1.54) is 77.5 Å². The molecule has 2 saturated carbocycles. The van der Waals surface area contributed by atoms with Crippen molar-refractivity contribution in [1.29, 1.82) is 0 Å².